The van der Waals surface area contributed by atoms with Gasteiger partial charge in [0.1, 0.15) is 11.0 Å². The van der Waals surface area contributed by atoms with E-state index in [9.17, 15) is 9.90 Å². The first-order chi connectivity index (χ1) is 18.8. The van der Waals surface area contributed by atoms with Crippen LogP contribution in [-0.2, 0) is 5.60 Å². The van der Waals surface area contributed by atoms with E-state index in [0.29, 0.717) is 28.5 Å². The minimum Gasteiger partial charge on any atom is -0.384 e. The Morgan fingerprint density at radius 1 is 1.03 bits per heavy atom. The zero-order valence-electron chi connectivity index (χ0n) is 22.6. The van der Waals surface area contributed by atoms with Crippen LogP contribution in [-0.4, -0.2) is 67.5 Å². The number of nitrogens with one attached hydrogen (secondary N) is 1. The third-order valence-electron chi connectivity index (χ3n) is 7.49. The number of fused-ring (bicyclic) bond motifs is 1. The van der Waals surface area contributed by atoms with Crippen LogP contribution in [0.1, 0.15) is 38.4 Å². The minimum absolute atomic E-state index is 0.113. The van der Waals surface area contributed by atoms with Gasteiger partial charge in [0.25, 0.3) is 5.56 Å². The van der Waals surface area contributed by atoms with E-state index < -0.39 is 5.60 Å². The number of aliphatic hydroxyl groups is 1. The normalized spacial score (nSPS) is 18.3. The maximum atomic E-state index is 13.6. The van der Waals surface area contributed by atoms with Crippen LogP contribution < -0.4 is 15.8 Å². The molecule has 1 aliphatic heterocycles. The molecule has 0 spiro atoms. The number of likely N-dealkylation sites (N-methyl/N-ethyl adjacent to an activating group) is 1. The number of allylic oxidation sites excluding steroid dienone is 2. The summed E-state index contributed by atoms with van der Waals surface area (Å²) in [6.45, 7) is 7.52. The van der Waals surface area contributed by atoms with Crippen LogP contribution in [0.15, 0.2) is 65.6 Å². The summed E-state index contributed by atoms with van der Waals surface area (Å²) in [5, 5.41) is 14.3. The van der Waals surface area contributed by atoms with Gasteiger partial charge in [-0.05, 0) is 70.1 Å². The van der Waals surface area contributed by atoms with E-state index in [2.05, 4.69) is 45.4 Å². The predicted octanol–water partition coefficient (Wildman–Crippen LogP) is 3.59. The third kappa shape index (κ3) is 4.93. The molecule has 6 rings (SSSR count). The lowest BCUT2D eigenvalue weighted by Crippen LogP contribution is -2.44. The third-order valence-corrected chi connectivity index (χ3v) is 7.49. The van der Waals surface area contributed by atoms with Crippen LogP contribution in [0.2, 0.25) is 0 Å². The average Bonchev–Trinajstić information content (AvgIpc) is 3.55. The number of anilines is 3. The molecule has 4 aromatic rings. The van der Waals surface area contributed by atoms with E-state index in [1.54, 1.807) is 35.5 Å². The minimum atomic E-state index is -1.13. The Kier molecular flexibility index (Phi) is 6.44. The topological polar surface area (TPSA) is 104 Å². The van der Waals surface area contributed by atoms with Crippen LogP contribution in [0.5, 0.6) is 0 Å². The molecular formula is C29H34N8O2. The molecular weight excluding hydrogens is 492 g/mol. The van der Waals surface area contributed by atoms with Crippen LogP contribution in [0.25, 0.3) is 16.9 Å². The molecule has 1 aromatic carbocycles. The molecule has 0 saturated carbocycles. The standard InChI is InChI=1S/C29H34N8O2/c1-29(2,39)24-9-6-10-25(32-24)37-26-23(27(38)36(37)22-7-4-5-8-22)19-30-28(33-26)31-20-11-13-21(14-12-20)35-17-15-34(3)16-18-35/h4,6-7,9-14,19,22,39H,5,8,15-18H2,1-3H3,(H,30,31,33)/t22-/m1/s1. The molecule has 0 bridgehead atoms. The maximum absolute atomic E-state index is 13.6. The molecule has 0 unspecified atom stereocenters. The fourth-order valence-electron chi connectivity index (χ4n) is 5.23. The van der Waals surface area contributed by atoms with Crippen molar-refractivity contribution >= 4 is 28.4 Å². The summed E-state index contributed by atoms with van der Waals surface area (Å²) < 4.78 is 3.46. The van der Waals surface area contributed by atoms with Gasteiger partial charge >= 0.3 is 0 Å². The van der Waals surface area contributed by atoms with Crippen molar-refractivity contribution in [1.29, 1.82) is 0 Å². The quantitative estimate of drug-likeness (QED) is 0.368. The second-order valence-electron chi connectivity index (χ2n) is 10.9. The molecule has 2 N–H and O–H groups in total. The average molecular weight is 527 g/mol. The van der Waals surface area contributed by atoms with Gasteiger partial charge in [-0.25, -0.2) is 19.3 Å². The summed E-state index contributed by atoms with van der Waals surface area (Å²) in [7, 11) is 2.15. The van der Waals surface area contributed by atoms with Crippen molar-refractivity contribution in [2.24, 2.45) is 0 Å². The van der Waals surface area contributed by atoms with Crippen LogP contribution in [0.4, 0.5) is 17.3 Å². The summed E-state index contributed by atoms with van der Waals surface area (Å²) >= 11 is 0. The van der Waals surface area contributed by atoms with Crippen molar-refractivity contribution in [1.82, 2.24) is 29.2 Å². The van der Waals surface area contributed by atoms with Crippen molar-refractivity contribution in [3.05, 3.63) is 76.9 Å². The largest absolute Gasteiger partial charge is 0.384 e. The highest BCUT2D eigenvalue weighted by molar-refractivity contribution is 5.77. The van der Waals surface area contributed by atoms with Crippen molar-refractivity contribution < 1.29 is 5.11 Å². The molecule has 1 saturated heterocycles. The first kappa shape index (κ1) is 25.3. The molecule has 1 atom stereocenters. The molecule has 39 heavy (non-hydrogen) atoms. The Balaban J connectivity index is 1.38. The van der Waals surface area contributed by atoms with E-state index in [-0.39, 0.29) is 11.6 Å². The van der Waals surface area contributed by atoms with E-state index in [4.69, 9.17) is 9.97 Å². The molecule has 3 aromatic heterocycles. The first-order valence-corrected chi connectivity index (χ1v) is 13.5. The van der Waals surface area contributed by atoms with Crippen LogP contribution >= 0.6 is 0 Å². The van der Waals surface area contributed by atoms with Gasteiger partial charge in [0.05, 0.1) is 11.7 Å². The summed E-state index contributed by atoms with van der Waals surface area (Å²) in [5.74, 6) is 0.907. The van der Waals surface area contributed by atoms with Crippen molar-refractivity contribution in [3.63, 3.8) is 0 Å². The predicted molar refractivity (Wildman–Crippen MR) is 153 cm³/mol. The lowest BCUT2D eigenvalue weighted by Gasteiger charge is -2.34. The van der Waals surface area contributed by atoms with E-state index in [1.165, 1.54) is 5.69 Å². The Morgan fingerprint density at radius 3 is 2.49 bits per heavy atom. The van der Waals surface area contributed by atoms with Gasteiger partial charge in [-0.1, -0.05) is 18.2 Å². The fraction of sp³-hybridized carbons (Fsp3) is 0.379. The summed E-state index contributed by atoms with van der Waals surface area (Å²) in [4.78, 5) is 32.3. The van der Waals surface area contributed by atoms with Crippen molar-refractivity contribution in [2.75, 3.05) is 43.4 Å². The number of rotatable bonds is 6. The smallest absolute Gasteiger partial charge is 0.278 e. The van der Waals surface area contributed by atoms with Crippen LogP contribution in [0, 0.1) is 0 Å². The Bertz CT molecular complexity index is 1570. The molecule has 0 amide bonds. The van der Waals surface area contributed by atoms with Gasteiger partial charge in [-0.3, -0.25) is 4.79 Å². The Labute approximate surface area is 227 Å². The van der Waals surface area contributed by atoms with Gasteiger partial charge < -0.3 is 20.2 Å². The zero-order chi connectivity index (χ0) is 27.1. The van der Waals surface area contributed by atoms with Gasteiger partial charge in [0.2, 0.25) is 5.95 Å². The summed E-state index contributed by atoms with van der Waals surface area (Å²) in [6.07, 6.45) is 7.43. The summed E-state index contributed by atoms with van der Waals surface area (Å²) in [5.41, 5.74) is 1.73. The lowest BCUT2D eigenvalue weighted by molar-refractivity contribution is 0.0738. The Morgan fingerprint density at radius 2 is 1.79 bits per heavy atom. The van der Waals surface area contributed by atoms with Gasteiger partial charge in [0.15, 0.2) is 11.5 Å². The van der Waals surface area contributed by atoms with E-state index in [1.807, 2.05) is 30.3 Å². The highest BCUT2D eigenvalue weighted by Gasteiger charge is 2.25. The molecule has 4 heterocycles. The number of nitrogens with zero attached hydrogens (tertiary/aromatic N) is 7. The Hall–Kier alpha value is -4.02. The highest BCUT2D eigenvalue weighted by Crippen LogP contribution is 2.27. The molecule has 202 valence electrons. The monoisotopic (exact) mass is 526 g/mol. The summed E-state index contributed by atoms with van der Waals surface area (Å²) in [6, 6.07) is 13.6. The fourth-order valence-corrected chi connectivity index (χ4v) is 5.23. The first-order valence-electron chi connectivity index (χ1n) is 13.5. The van der Waals surface area contributed by atoms with E-state index >= 15 is 0 Å². The van der Waals surface area contributed by atoms with Crippen molar-refractivity contribution in [3.8, 4) is 5.82 Å². The SMILES string of the molecule is CN1CCN(c2ccc(Nc3ncc4c(=O)n([C@@H]5C=CCC5)n(-c5cccc(C(C)(C)O)n5)c4n3)cc2)CC1. The second kappa shape index (κ2) is 9.94. The number of piperazine rings is 1. The zero-order valence-corrected chi connectivity index (χ0v) is 22.6. The second-order valence-corrected chi connectivity index (χ2v) is 10.9. The maximum Gasteiger partial charge on any atom is 0.278 e. The molecule has 0 radical (unpaired) electrons. The van der Waals surface area contributed by atoms with Crippen molar-refractivity contribution in [2.45, 2.75) is 38.3 Å². The van der Waals surface area contributed by atoms with Gasteiger partial charge in [-0.15, -0.1) is 0 Å². The number of aromatic nitrogens is 5. The van der Waals surface area contributed by atoms with Crippen LogP contribution in [0.3, 0.4) is 0 Å². The van der Waals surface area contributed by atoms with Gasteiger partial charge in [-0.2, -0.15) is 4.98 Å². The number of hydrogen-bond acceptors (Lipinski definition) is 8. The van der Waals surface area contributed by atoms with E-state index in [0.717, 1.165) is 44.7 Å². The molecule has 2 aliphatic rings. The lowest BCUT2D eigenvalue weighted by atomic mass is 10.1. The number of pyridine rings is 1. The molecule has 1 fully saturated rings. The van der Waals surface area contributed by atoms with Gasteiger partial charge in [0, 0.05) is 43.8 Å². The number of benzene rings is 1. The highest BCUT2D eigenvalue weighted by atomic mass is 16.3. The molecule has 10 heteroatoms. The molecule has 1 aliphatic carbocycles. The molecule has 10 nitrogen and oxygen atoms in total. The number of hydrogen-bond donors (Lipinski definition) is 2.